The first kappa shape index (κ1) is 18.0. The molecule has 4 rings (SSSR count). The summed E-state index contributed by atoms with van der Waals surface area (Å²) in [6.07, 6.45) is 4.73. The number of hydrogen-bond acceptors (Lipinski definition) is 9. The largest absolute Gasteiger partial charge is 0.378 e. The molecular weight excluding hydrogens is 374 g/mol. The van der Waals surface area contributed by atoms with Crippen LogP contribution < -0.4 is 11.2 Å². The summed E-state index contributed by atoms with van der Waals surface area (Å²) >= 11 is 0. The van der Waals surface area contributed by atoms with Gasteiger partial charge in [-0.2, -0.15) is 9.78 Å². The van der Waals surface area contributed by atoms with Crippen molar-refractivity contribution in [2.75, 3.05) is 5.73 Å². The lowest BCUT2D eigenvalue weighted by Crippen LogP contribution is -2.19. The van der Waals surface area contributed by atoms with Crippen molar-refractivity contribution >= 4 is 17.9 Å². The van der Waals surface area contributed by atoms with E-state index in [0.29, 0.717) is 11.3 Å². The Hall–Kier alpha value is -4.41. The van der Waals surface area contributed by atoms with Crippen molar-refractivity contribution in [2.45, 2.75) is 6.92 Å². The molecule has 0 aliphatic carbocycles. The van der Waals surface area contributed by atoms with Crippen molar-refractivity contribution in [3.8, 4) is 17.1 Å². The number of carbonyl (C=O) groups is 1. The molecule has 3 N–H and O–H groups in total. The van der Waals surface area contributed by atoms with E-state index in [2.05, 4.69) is 40.8 Å². The van der Waals surface area contributed by atoms with E-state index in [1.54, 1.807) is 24.5 Å². The lowest BCUT2D eigenvalue weighted by molar-refractivity contribution is 0.0950. The number of hydrogen-bond donors (Lipinski definition) is 2. The van der Waals surface area contributed by atoms with Crippen LogP contribution in [-0.4, -0.2) is 42.4 Å². The molecule has 0 atom stereocenters. The van der Waals surface area contributed by atoms with Gasteiger partial charge < -0.3 is 5.73 Å². The Kier molecular flexibility index (Phi) is 4.76. The first-order valence-corrected chi connectivity index (χ1v) is 8.48. The summed E-state index contributed by atoms with van der Waals surface area (Å²) < 4.78 is 5.95. The minimum Gasteiger partial charge on any atom is -0.378 e. The van der Waals surface area contributed by atoms with E-state index in [9.17, 15) is 4.79 Å². The molecule has 11 nitrogen and oxygen atoms in total. The highest BCUT2D eigenvalue weighted by Gasteiger charge is 2.25. The van der Waals surface area contributed by atoms with Crippen molar-refractivity contribution in [1.29, 1.82) is 0 Å². The molecule has 0 saturated carbocycles. The van der Waals surface area contributed by atoms with Gasteiger partial charge in [-0.1, -0.05) is 41.1 Å². The number of hydrazone groups is 1. The fourth-order valence-electron chi connectivity index (χ4n) is 2.56. The highest BCUT2D eigenvalue weighted by atomic mass is 16.6. The number of nitrogens with two attached hydrogens (primary N) is 1. The molecule has 4 aromatic rings. The van der Waals surface area contributed by atoms with Crippen molar-refractivity contribution < 1.29 is 9.42 Å². The van der Waals surface area contributed by atoms with E-state index in [0.717, 1.165) is 11.1 Å². The van der Waals surface area contributed by atoms with Gasteiger partial charge in [-0.3, -0.25) is 9.78 Å². The SMILES string of the molecule is Cc1ccc(-c2c(C(=O)N/N=C\c3cccnc3)nnn2-c2nonc2N)cc1. The monoisotopic (exact) mass is 389 g/mol. The quantitative estimate of drug-likeness (QED) is 0.384. The predicted molar refractivity (Wildman–Crippen MR) is 103 cm³/mol. The lowest BCUT2D eigenvalue weighted by atomic mass is 10.1. The molecule has 0 aliphatic heterocycles. The van der Waals surface area contributed by atoms with Gasteiger partial charge in [0.1, 0.15) is 5.69 Å². The first-order valence-electron chi connectivity index (χ1n) is 8.48. The number of pyridine rings is 1. The third kappa shape index (κ3) is 3.69. The number of amides is 1. The zero-order valence-electron chi connectivity index (χ0n) is 15.2. The molecule has 29 heavy (non-hydrogen) atoms. The lowest BCUT2D eigenvalue weighted by Gasteiger charge is -2.06. The summed E-state index contributed by atoms with van der Waals surface area (Å²) in [5, 5.41) is 19.2. The Morgan fingerprint density at radius 3 is 2.76 bits per heavy atom. The van der Waals surface area contributed by atoms with Gasteiger partial charge in [0.15, 0.2) is 5.69 Å². The molecule has 0 bridgehead atoms. The molecule has 1 aromatic carbocycles. The third-order valence-corrected chi connectivity index (χ3v) is 3.97. The number of aryl methyl sites for hydroxylation is 1. The standard InChI is InChI=1S/C18H15N9O2/c1-11-4-6-13(7-5-11)15-14(22-26-27(15)17-16(19)24-29-25-17)18(28)23-21-10-12-3-2-8-20-9-12/h2-10H,1H3,(H2,19,24)(H,23,28)/b21-10-. The van der Waals surface area contributed by atoms with Crippen molar-refractivity contribution in [3.05, 3.63) is 65.6 Å². The van der Waals surface area contributed by atoms with Gasteiger partial charge in [-0.15, -0.1) is 5.10 Å². The zero-order valence-corrected chi connectivity index (χ0v) is 15.2. The molecular formula is C18H15N9O2. The van der Waals surface area contributed by atoms with E-state index in [4.69, 9.17) is 5.73 Å². The average Bonchev–Trinajstić information content (AvgIpc) is 3.35. The fraction of sp³-hybridized carbons (Fsp3) is 0.0556. The molecule has 0 radical (unpaired) electrons. The van der Waals surface area contributed by atoms with Crippen LogP contribution in [0.4, 0.5) is 5.82 Å². The van der Waals surface area contributed by atoms with Crippen LogP contribution in [0.5, 0.6) is 0 Å². The maximum Gasteiger partial charge on any atom is 0.294 e. The average molecular weight is 389 g/mol. The van der Waals surface area contributed by atoms with Crippen LogP contribution in [0.1, 0.15) is 21.6 Å². The number of anilines is 1. The molecule has 1 amide bonds. The van der Waals surface area contributed by atoms with Crippen molar-refractivity contribution in [2.24, 2.45) is 5.10 Å². The molecule has 0 fully saturated rings. The number of carbonyl (C=O) groups excluding carboxylic acids is 1. The molecule has 0 saturated heterocycles. The van der Waals surface area contributed by atoms with Crippen LogP contribution in [0, 0.1) is 6.92 Å². The highest BCUT2D eigenvalue weighted by molar-refractivity contribution is 5.98. The Morgan fingerprint density at radius 2 is 2.07 bits per heavy atom. The maximum atomic E-state index is 12.7. The van der Waals surface area contributed by atoms with Crippen LogP contribution in [0.25, 0.3) is 17.1 Å². The van der Waals surface area contributed by atoms with Crippen molar-refractivity contribution in [3.63, 3.8) is 0 Å². The van der Waals surface area contributed by atoms with E-state index >= 15 is 0 Å². The number of nitrogens with zero attached hydrogens (tertiary/aromatic N) is 7. The topological polar surface area (TPSA) is 150 Å². The molecule has 0 spiro atoms. The van der Waals surface area contributed by atoms with Crippen LogP contribution in [0.3, 0.4) is 0 Å². The Morgan fingerprint density at radius 1 is 1.24 bits per heavy atom. The zero-order chi connectivity index (χ0) is 20.2. The van der Waals surface area contributed by atoms with E-state index < -0.39 is 5.91 Å². The van der Waals surface area contributed by atoms with E-state index in [1.165, 1.54) is 10.9 Å². The van der Waals surface area contributed by atoms with Gasteiger partial charge in [0.05, 0.1) is 6.21 Å². The first-order chi connectivity index (χ1) is 14.1. The van der Waals surface area contributed by atoms with Crippen LogP contribution in [0.15, 0.2) is 58.5 Å². The molecule has 3 heterocycles. The number of aromatic nitrogens is 6. The van der Waals surface area contributed by atoms with Gasteiger partial charge in [-0.05, 0) is 23.3 Å². The Labute approximate surface area is 164 Å². The molecule has 144 valence electrons. The van der Waals surface area contributed by atoms with Gasteiger partial charge >= 0.3 is 0 Å². The molecule has 0 aliphatic rings. The minimum atomic E-state index is -0.554. The smallest absolute Gasteiger partial charge is 0.294 e. The number of benzene rings is 1. The summed E-state index contributed by atoms with van der Waals surface area (Å²) in [7, 11) is 0. The second-order valence-electron chi connectivity index (χ2n) is 6.02. The van der Waals surface area contributed by atoms with Crippen LogP contribution in [0.2, 0.25) is 0 Å². The molecule has 11 heteroatoms. The molecule has 3 aromatic heterocycles. The number of nitrogens with one attached hydrogen (secondary N) is 1. The minimum absolute atomic E-state index is 0.0184. The fourth-order valence-corrected chi connectivity index (χ4v) is 2.56. The summed E-state index contributed by atoms with van der Waals surface area (Å²) in [4.78, 5) is 16.7. The van der Waals surface area contributed by atoms with Crippen LogP contribution >= 0.6 is 0 Å². The second kappa shape index (κ2) is 7.68. The number of nitrogen functional groups attached to an aromatic ring is 1. The van der Waals surface area contributed by atoms with Crippen molar-refractivity contribution in [1.82, 2.24) is 35.7 Å². The van der Waals surface area contributed by atoms with Gasteiger partial charge in [-0.25, -0.2) is 10.1 Å². The van der Waals surface area contributed by atoms with E-state index in [1.807, 2.05) is 31.2 Å². The number of rotatable bonds is 5. The Bertz CT molecular complexity index is 1160. The highest BCUT2D eigenvalue weighted by Crippen LogP contribution is 2.26. The summed E-state index contributed by atoms with van der Waals surface area (Å²) in [6.45, 7) is 1.96. The van der Waals surface area contributed by atoms with Gasteiger partial charge in [0.25, 0.3) is 5.91 Å². The van der Waals surface area contributed by atoms with Gasteiger partial charge in [0, 0.05) is 23.5 Å². The normalized spacial score (nSPS) is 11.1. The predicted octanol–water partition coefficient (Wildman–Crippen LogP) is 1.37. The summed E-state index contributed by atoms with van der Waals surface area (Å²) in [5.74, 6) is -0.405. The van der Waals surface area contributed by atoms with E-state index in [-0.39, 0.29) is 17.3 Å². The molecule has 0 unspecified atom stereocenters. The second-order valence-corrected chi connectivity index (χ2v) is 6.02. The third-order valence-electron chi connectivity index (χ3n) is 3.97. The Balaban J connectivity index is 1.70. The van der Waals surface area contributed by atoms with Crippen LogP contribution in [-0.2, 0) is 0 Å². The summed E-state index contributed by atoms with van der Waals surface area (Å²) in [5.41, 5.74) is 11.1. The summed E-state index contributed by atoms with van der Waals surface area (Å²) in [6, 6.07) is 11.0. The van der Waals surface area contributed by atoms with Gasteiger partial charge in [0.2, 0.25) is 11.6 Å². The maximum absolute atomic E-state index is 12.7.